The lowest BCUT2D eigenvalue weighted by Crippen LogP contribution is -2.36. The number of aromatic hydroxyl groups is 1. The monoisotopic (exact) mass is 452 g/mol. The Kier molecular flexibility index (Phi) is 4.53. The molecule has 0 fully saturated rings. The maximum absolute atomic E-state index is 13.4. The summed E-state index contributed by atoms with van der Waals surface area (Å²) in [5.74, 6) is -0.561. The molecule has 4 aromatic rings. The summed E-state index contributed by atoms with van der Waals surface area (Å²) in [4.78, 5) is 14.4. The lowest BCUT2D eigenvalue weighted by Gasteiger charge is -2.20. The first-order chi connectivity index (χ1) is 15.0. The van der Waals surface area contributed by atoms with Crippen LogP contribution in [-0.2, 0) is 16.6 Å². The number of anilines is 1. The number of para-hydroxylation sites is 2. The van der Waals surface area contributed by atoms with E-state index in [0.29, 0.717) is 17.4 Å². The minimum absolute atomic E-state index is 0.00942. The highest BCUT2D eigenvalue weighted by Crippen LogP contribution is 2.31. The van der Waals surface area contributed by atoms with Crippen molar-refractivity contribution in [2.45, 2.75) is 11.4 Å². The van der Waals surface area contributed by atoms with Crippen molar-refractivity contribution in [3.63, 3.8) is 0 Å². The van der Waals surface area contributed by atoms with Gasteiger partial charge in [0.05, 0.1) is 17.7 Å². The summed E-state index contributed by atoms with van der Waals surface area (Å²) < 4.78 is 30.4. The van der Waals surface area contributed by atoms with Gasteiger partial charge in [-0.25, -0.2) is 4.68 Å². The highest BCUT2D eigenvalue weighted by atomic mass is 32.2. The van der Waals surface area contributed by atoms with Gasteiger partial charge in [0.2, 0.25) is 0 Å². The summed E-state index contributed by atoms with van der Waals surface area (Å²) in [5, 5.41) is 16.1. The number of nitrogens with one attached hydrogen (secondary N) is 2. The molecule has 0 saturated carbocycles. The molecule has 0 amide bonds. The summed E-state index contributed by atoms with van der Waals surface area (Å²) in [7, 11) is -4.04. The van der Waals surface area contributed by atoms with Gasteiger partial charge in [-0.3, -0.25) is 4.79 Å². The molecule has 8 nitrogen and oxygen atoms in total. The first-order valence-electron chi connectivity index (χ1n) is 9.30. The summed E-state index contributed by atoms with van der Waals surface area (Å²) >= 11 is 1.54. The zero-order chi connectivity index (χ0) is 21.6. The smallest absolute Gasteiger partial charge is 0.286 e. The van der Waals surface area contributed by atoms with E-state index in [4.69, 9.17) is 0 Å². The van der Waals surface area contributed by atoms with E-state index in [9.17, 15) is 18.3 Å². The van der Waals surface area contributed by atoms with Crippen molar-refractivity contribution in [3.05, 3.63) is 86.8 Å². The maximum Gasteiger partial charge on any atom is 0.286 e. The number of pyridine rings is 1. The molecule has 3 N–H and O–H groups in total. The number of nitrogens with zero attached hydrogens (tertiary/aromatic N) is 2. The number of rotatable bonds is 4. The molecule has 0 saturated heterocycles. The number of hydrogen-bond donors (Lipinski definition) is 3. The van der Waals surface area contributed by atoms with Gasteiger partial charge in [-0.1, -0.05) is 30.3 Å². The molecular weight excluding hydrogens is 436 g/mol. The zero-order valence-corrected chi connectivity index (χ0v) is 17.6. The Morgan fingerprint density at radius 3 is 2.65 bits per heavy atom. The highest BCUT2D eigenvalue weighted by Gasteiger charge is 2.29. The normalized spacial score (nSPS) is 14.5. The number of fused-ring (bicyclic) bond motifs is 2. The van der Waals surface area contributed by atoms with Crippen LogP contribution in [0.5, 0.6) is 5.75 Å². The number of sulfonamides is 1. The molecule has 0 spiro atoms. The largest absolute Gasteiger partial charge is 0.506 e. The summed E-state index contributed by atoms with van der Waals surface area (Å²) in [6, 6.07) is 16.9. The molecule has 10 heteroatoms. The summed E-state index contributed by atoms with van der Waals surface area (Å²) in [6.07, 6.45) is 0. The van der Waals surface area contributed by atoms with Crippen LogP contribution in [0.25, 0.3) is 10.9 Å². The second kappa shape index (κ2) is 7.25. The lowest BCUT2D eigenvalue weighted by atomic mass is 10.1. The van der Waals surface area contributed by atoms with Gasteiger partial charge >= 0.3 is 0 Å². The minimum atomic E-state index is -4.04. The molecule has 0 atom stereocenters. The minimum Gasteiger partial charge on any atom is -0.506 e. The van der Waals surface area contributed by atoms with Gasteiger partial charge < -0.3 is 15.8 Å². The van der Waals surface area contributed by atoms with E-state index in [0.717, 1.165) is 4.88 Å². The van der Waals surface area contributed by atoms with Crippen molar-refractivity contribution >= 4 is 43.8 Å². The molecule has 0 radical (unpaired) electrons. The van der Waals surface area contributed by atoms with Crippen LogP contribution in [-0.4, -0.2) is 24.0 Å². The van der Waals surface area contributed by atoms with E-state index in [-0.39, 0.29) is 27.7 Å². The van der Waals surface area contributed by atoms with Crippen molar-refractivity contribution in [1.82, 2.24) is 4.68 Å². The van der Waals surface area contributed by atoms with Crippen LogP contribution >= 0.6 is 11.3 Å². The highest BCUT2D eigenvalue weighted by molar-refractivity contribution is 7.90. The van der Waals surface area contributed by atoms with E-state index in [1.165, 1.54) is 22.1 Å². The van der Waals surface area contributed by atoms with E-state index >= 15 is 0 Å². The van der Waals surface area contributed by atoms with Crippen molar-refractivity contribution < 1.29 is 13.5 Å². The molecule has 156 valence electrons. The van der Waals surface area contributed by atoms with Crippen molar-refractivity contribution in [1.29, 1.82) is 0 Å². The second-order valence-electron chi connectivity index (χ2n) is 6.83. The number of hydrogen-bond acceptors (Lipinski definition) is 7. The molecule has 0 unspecified atom stereocenters. The average Bonchev–Trinajstić information content (AvgIpc) is 3.27. The third-order valence-corrected chi connectivity index (χ3v) is 7.12. The maximum atomic E-state index is 13.4. The molecule has 0 bridgehead atoms. The first kappa shape index (κ1) is 19.3. The number of amidine groups is 1. The Morgan fingerprint density at radius 1 is 1.06 bits per heavy atom. The molecule has 0 aliphatic carbocycles. The SMILES string of the molecule is O=c1c(C2=NS(=O)(=O)c3ccccc3N2)c(O)c2ccccc2n1NCc1cccs1. The molecule has 1 aliphatic rings. The Morgan fingerprint density at radius 2 is 1.84 bits per heavy atom. The Hall–Kier alpha value is -3.63. The van der Waals surface area contributed by atoms with Crippen LogP contribution in [0.3, 0.4) is 0 Å². The fraction of sp³-hybridized carbons (Fsp3) is 0.0476. The van der Waals surface area contributed by atoms with E-state index < -0.39 is 15.6 Å². The van der Waals surface area contributed by atoms with E-state index in [1.54, 1.807) is 42.5 Å². The van der Waals surface area contributed by atoms with Gasteiger partial charge in [0.25, 0.3) is 15.6 Å². The Balaban J connectivity index is 1.71. The van der Waals surface area contributed by atoms with E-state index in [1.807, 2.05) is 17.5 Å². The van der Waals surface area contributed by atoms with Gasteiger partial charge in [-0.05, 0) is 35.7 Å². The summed E-state index contributed by atoms with van der Waals surface area (Å²) in [5.41, 5.74) is 2.99. The fourth-order valence-corrected chi connectivity index (χ4v) is 5.25. The fourth-order valence-electron chi connectivity index (χ4n) is 3.49. The van der Waals surface area contributed by atoms with Crippen molar-refractivity contribution in [2.24, 2.45) is 4.40 Å². The predicted molar refractivity (Wildman–Crippen MR) is 121 cm³/mol. The van der Waals surface area contributed by atoms with Gasteiger partial charge in [0, 0.05) is 10.3 Å². The Bertz CT molecular complexity index is 1510. The third kappa shape index (κ3) is 3.25. The number of thiophene rings is 1. The average molecular weight is 453 g/mol. The third-order valence-electron chi connectivity index (χ3n) is 4.91. The van der Waals surface area contributed by atoms with Crippen molar-refractivity contribution in [3.8, 4) is 5.75 Å². The van der Waals surface area contributed by atoms with Crippen LogP contribution in [0.2, 0.25) is 0 Å². The first-order valence-corrected chi connectivity index (χ1v) is 11.6. The number of aromatic nitrogens is 1. The zero-order valence-electron chi connectivity index (χ0n) is 15.9. The Labute approximate surface area is 181 Å². The lowest BCUT2D eigenvalue weighted by molar-refractivity contribution is 0.478. The molecule has 3 heterocycles. The quantitative estimate of drug-likeness (QED) is 0.439. The van der Waals surface area contributed by atoms with Crippen LogP contribution in [0.15, 0.2) is 80.1 Å². The van der Waals surface area contributed by atoms with Gasteiger partial charge in [-0.2, -0.15) is 8.42 Å². The molecule has 1 aliphatic heterocycles. The predicted octanol–water partition coefficient (Wildman–Crippen LogP) is 3.07. The molecule has 5 rings (SSSR count). The molecular formula is C21H16N4O4S2. The van der Waals surface area contributed by atoms with Crippen LogP contribution in [0.1, 0.15) is 10.4 Å². The second-order valence-corrected chi connectivity index (χ2v) is 9.44. The standard InChI is InChI=1S/C21H16N4O4S2/c26-19-14-7-1-3-9-16(14)25(22-12-13-6-5-11-30-13)21(27)18(19)20-23-15-8-2-4-10-17(15)31(28,29)24-20/h1-11,22,26H,12H2,(H,23,24). The van der Waals surface area contributed by atoms with E-state index in [2.05, 4.69) is 15.1 Å². The van der Waals surface area contributed by atoms with Gasteiger partial charge in [0.15, 0.2) is 5.84 Å². The molecule has 2 aromatic heterocycles. The van der Waals surface area contributed by atoms with Crippen LogP contribution in [0, 0.1) is 0 Å². The number of benzene rings is 2. The molecule has 31 heavy (non-hydrogen) atoms. The topological polar surface area (TPSA) is 113 Å². The van der Waals surface area contributed by atoms with Gasteiger partial charge in [-0.15, -0.1) is 15.7 Å². The summed E-state index contributed by atoms with van der Waals surface area (Å²) in [6.45, 7) is 0.382. The molecule has 2 aromatic carbocycles. The van der Waals surface area contributed by atoms with Crippen LogP contribution < -0.4 is 16.3 Å². The van der Waals surface area contributed by atoms with Crippen molar-refractivity contribution in [2.75, 3.05) is 10.7 Å². The van der Waals surface area contributed by atoms with Crippen LogP contribution in [0.4, 0.5) is 5.69 Å². The van der Waals surface area contributed by atoms with Gasteiger partial charge in [0.1, 0.15) is 16.2 Å².